The number of carbonyl (C=O) groups is 1. The van der Waals surface area contributed by atoms with Crippen molar-refractivity contribution >= 4 is 11.6 Å². The lowest BCUT2D eigenvalue weighted by Crippen LogP contribution is -2.17. The molecule has 0 aliphatic heterocycles. The van der Waals surface area contributed by atoms with E-state index in [9.17, 15) is 27.6 Å². The first-order valence-electron chi connectivity index (χ1n) is 12.2. The Morgan fingerprint density at radius 3 is 2.51 bits per heavy atom. The number of alkyl halides is 3. The first kappa shape index (κ1) is 26.1. The zero-order valence-electron chi connectivity index (χ0n) is 20.5. The number of carbonyl (C=O) groups excluding carboxylic acids is 1. The van der Waals surface area contributed by atoms with Crippen molar-refractivity contribution in [1.29, 1.82) is 5.26 Å². The number of aromatic nitrogens is 2. The minimum atomic E-state index is -4.82. The molecule has 1 fully saturated rings. The molecule has 0 saturated heterocycles. The van der Waals surface area contributed by atoms with Gasteiger partial charge in [-0.2, -0.15) is 23.5 Å². The summed E-state index contributed by atoms with van der Waals surface area (Å²) in [5.74, 6) is -1.14. The summed E-state index contributed by atoms with van der Waals surface area (Å²) < 4.78 is 62.2. The number of ether oxygens (including phenoxy) is 1. The lowest BCUT2D eigenvalue weighted by Gasteiger charge is -2.20. The molecular weight excluding hydrogens is 512 g/mol. The van der Waals surface area contributed by atoms with E-state index in [0.717, 1.165) is 29.2 Å². The van der Waals surface area contributed by atoms with Crippen LogP contribution in [0.3, 0.4) is 0 Å². The smallest absolute Gasteiger partial charge is 0.368 e. The normalized spacial score (nSPS) is 14.0. The van der Waals surface area contributed by atoms with Crippen LogP contribution in [0.25, 0.3) is 5.69 Å². The van der Waals surface area contributed by atoms with Gasteiger partial charge in [0.15, 0.2) is 5.69 Å². The van der Waals surface area contributed by atoms with Crippen molar-refractivity contribution in [2.75, 3.05) is 11.9 Å². The fourth-order valence-electron chi connectivity index (χ4n) is 4.15. The molecule has 10 heteroatoms. The van der Waals surface area contributed by atoms with Gasteiger partial charge in [0.2, 0.25) is 0 Å². The fraction of sp³-hybridized carbons (Fsp3) is 0.207. The molecule has 0 bridgehead atoms. The van der Waals surface area contributed by atoms with Crippen LogP contribution in [0.1, 0.15) is 51.8 Å². The van der Waals surface area contributed by atoms with Crippen LogP contribution in [0.15, 0.2) is 78.9 Å². The summed E-state index contributed by atoms with van der Waals surface area (Å²) in [5.41, 5.74) is -0.170. The van der Waals surface area contributed by atoms with Crippen molar-refractivity contribution in [3.8, 4) is 11.8 Å². The molecule has 1 aliphatic rings. The predicted molar refractivity (Wildman–Crippen MR) is 135 cm³/mol. The van der Waals surface area contributed by atoms with E-state index >= 15 is 0 Å². The van der Waals surface area contributed by atoms with Crippen molar-refractivity contribution in [2.45, 2.75) is 25.1 Å². The summed E-state index contributed by atoms with van der Waals surface area (Å²) in [4.78, 5) is 13.2. The molecule has 1 aliphatic carbocycles. The SMILES string of the molecule is N#Cc1cccc(-n2nc(C(F)(F)F)cc2C(=O)Nc2cc(F)cc(C(OCC3CC3)c3ccccc3)c2)c1. The van der Waals surface area contributed by atoms with Gasteiger partial charge in [0.1, 0.15) is 17.6 Å². The van der Waals surface area contributed by atoms with Crippen LogP contribution in [0.2, 0.25) is 0 Å². The third kappa shape index (κ3) is 6.16. The van der Waals surface area contributed by atoms with Gasteiger partial charge in [0.25, 0.3) is 5.91 Å². The maximum absolute atomic E-state index is 14.8. The van der Waals surface area contributed by atoms with Crippen molar-refractivity contribution in [3.63, 3.8) is 0 Å². The van der Waals surface area contributed by atoms with E-state index in [1.807, 2.05) is 36.4 Å². The van der Waals surface area contributed by atoms with Crippen molar-refractivity contribution in [3.05, 3.63) is 113 Å². The molecule has 1 heterocycles. The summed E-state index contributed by atoms with van der Waals surface area (Å²) in [5, 5.41) is 15.2. The number of nitrogens with zero attached hydrogens (tertiary/aromatic N) is 3. The van der Waals surface area contributed by atoms with Crippen LogP contribution in [0.4, 0.5) is 23.2 Å². The molecule has 198 valence electrons. The highest BCUT2D eigenvalue weighted by atomic mass is 19.4. The molecular formula is C29H22F4N4O2. The Labute approximate surface area is 221 Å². The number of rotatable bonds is 8. The third-order valence-electron chi connectivity index (χ3n) is 6.23. The summed E-state index contributed by atoms with van der Waals surface area (Å²) in [6.45, 7) is 0.499. The highest BCUT2D eigenvalue weighted by Crippen LogP contribution is 2.35. The Morgan fingerprint density at radius 2 is 1.82 bits per heavy atom. The average molecular weight is 535 g/mol. The third-order valence-corrected chi connectivity index (χ3v) is 6.23. The number of hydrogen-bond donors (Lipinski definition) is 1. The molecule has 0 radical (unpaired) electrons. The molecule has 3 aromatic carbocycles. The second-order valence-electron chi connectivity index (χ2n) is 9.28. The zero-order chi connectivity index (χ0) is 27.6. The number of benzene rings is 3. The van der Waals surface area contributed by atoms with Gasteiger partial charge in [0.05, 0.1) is 23.9 Å². The van der Waals surface area contributed by atoms with E-state index in [1.165, 1.54) is 36.4 Å². The predicted octanol–water partition coefficient (Wildman–Crippen LogP) is 6.67. The van der Waals surface area contributed by atoms with E-state index in [0.29, 0.717) is 24.2 Å². The van der Waals surface area contributed by atoms with Gasteiger partial charge >= 0.3 is 6.18 Å². The van der Waals surface area contributed by atoms with Crippen LogP contribution in [0, 0.1) is 23.1 Å². The number of anilines is 1. The standard InChI is InChI=1S/C29H22F4N4O2/c30-22-12-21(27(39-17-18-9-10-18)20-6-2-1-3-7-20)13-23(14-22)35-28(38)25-15-26(29(31,32)33)36-37(25)24-8-4-5-19(11-24)16-34/h1-8,11-15,18,27H,9-10,17H2,(H,35,38). The van der Waals surface area contributed by atoms with Crippen LogP contribution in [-0.4, -0.2) is 22.3 Å². The minimum Gasteiger partial charge on any atom is -0.368 e. The molecule has 1 atom stereocenters. The second kappa shape index (κ2) is 10.7. The lowest BCUT2D eigenvalue weighted by atomic mass is 10.0. The number of amides is 1. The Hall–Kier alpha value is -4.49. The summed E-state index contributed by atoms with van der Waals surface area (Å²) in [6, 6.07) is 21.3. The lowest BCUT2D eigenvalue weighted by molar-refractivity contribution is -0.141. The second-order valence-corrected chi connectivity index (χ2v) is 9.28. The molecule has 1 unspecified atom stereocenters. The molecule has 6 nitrogen and oxygen atoms in total. The fourth-order valence-corrected chi connectivity index (χ4v) is 4.15. The summed E-state index contributed by atoms with van der Waals surface area (Å²) >= 11 is 0. The summed E-state index contributed by atoms with van der Waals surface area (Å²) in [6.07, 6.45) is -3.29. The number of hydrogen-bond acceptors (Lipinski definition) is 4. The van der Waals surface area contributed by atoms with Gasteiger partial charge < -0.3 is 10.1 Å². The Kier molecular flexibility index (Phi) is 7.17. The zero-order valence-corrected chi connectivity index (χ0v) is 20.5. The molecule has 1 N–H and O–H groups in total. The highest BCUT2D eigenvalue weighted by Gasteiger charge is 2.36. The van der Waals surface area contributed by atoms with E-state index in [4.69, 9.17) is 4.74 Å². The average Bonchev–Trinajstić information content (AvgIpc) is 3.62. The largest absolute Gasteiger partial charge is 0.435 e. The first-order chi connectivity index (χ1) is 18.7. The Balaban J connectivity index is 1.48. The van der Waals surface area contributed by atoms with Crippen LogP contribution >= 0.6 is 0 Å². The van der Waals surface area contributed by atoms with E-state index in [2.05, 4.69) is 10.4 Å². The monoisotopic (exact) mass is 534 g/mol. The van der Waals surface area contributed by atoms with Gasteiger partial charge in [0, 0.05) is 11.8 Å². The van der Waals surface area contributed by atoms with E-state index in [1.54, 1.807) is 0 Å². The van der Waals surface area contributed by atoms with Crippen molar-refractivity contribution in [1.82, 2.24) is 9.78 Å². The number of nitriles is 1. The first-order valence-corrected chi connectivity index (χ1v) is 12.2. The topological polar surface area (TPSA) is 79.9 Å². The molecule has 1 amide bonds. The van der Waals surface area contributed by atoms with Crippen LogP contribution < -0.4 is 5.32 Å². The van der Waals surface area contributed by atoms with E-state index in [-0.39, 0.29) is 16.9 Å². The molecule has 4 aromatic rings. The van der Waals surface area contributed by atoms with Gasteiger partial charge in [-0.15, -0.1) is 0 Å². The molecule has 0 spiro atoms. The minimum absolute atomic E-state index is 0.0398. The number of nitrogens with one attached hydrogen (secondary N) is 1. The molecule has 39 heavy (non-hydrogen) atoms. The van der Waals surface area contributed by atoms with Gasteiger partial charge in [-0.05, 0) is 66.3 Å². The highest BCUT2D eigenvalue weighted by molar-refractivity contribution is 6.03. The van der Waals surface area contributed by atoms with Gasteiger partial charge in [-0.1, -0.05) is 36.4 Å². The molecule has 5 rings (SSSR count). The summed E-state index contributed by atoms with van der Waals surface area (Å²) in [7, 11) is 0. The Bertz CT molecular complexity index is 1540. The maximum atomic E-state index is 14.8. The molecule has 1 aromatic heterocycles. The van der Waals surface area contributed by atoms with E-state index < -0.39 is 35.4 Å². The van der Waals surface area contributed by atoms with Gasteiger partial charge in [-0.3, -0.25) is 4.79 Å². The van der Waals surface area contributed by atoms with Crippen LogP contribution in [-0.2, 0) is 10.9 Å². The van der Waals surface area contributed by atoms with Crippen molar-refractivity contribution < 1.29 is 27.1 Å². The quantitative estimate of drug-likeness (QED) is 0.256. The van der Waals surface area contributed by atoms with Crippen LogP contribution in [0.5, 0.6) is 0 Å². The molecule has 1 saturated carbocycles. The maximum Gasteiger partial charge on any atom is 0.435 e. The Morgan fingerprint density at radius 1 is 1.05 bits per heavy atom. The van der Waals surface area contributed by atoms with Gasteiger partial charge in [-0.25, -0.2) is 9.07 Å². The number of halogens is 4. The van der Waals surface area contributed by atoms with Crippen molar-refractivity contribution in [2.24, 2.45) is 5.92 Å².